The number of carbonyl (C=O) groups excluding carboxylic acids is 2. The van der Waals surface area contributed by atoms with E-state index in [9.17, 15) is 14.7 Å². The molecule has 2 aromatic rings. The van der Waals surface area contributed by atoms with Gasteiger partial charge in [-0.05, 0) is 53.0 Å². The highest BCUT2D eigenvalue weighted by molar-refractivity contribution is 5.95. The Bertz CT molecular complexity index is 1110. The molecular weight excluding hydrogens is 486 g/mol. The van der Waals surface area contributed by atoms with Gasteiger partial charge in [0.15, 0.2) is 0 Å². The average Bonchev–Trinajstić information content (AvgIpc) is 2.81. The van der Waals surface area contributed by atoms with Crippen molar-refractivity contribution >= 4 is 11.9 Å². The van der Waals surface area contributed by atoms with Crippen molar-refractivity contribution in [3.05, 3.63) is 58.1 Å². The number of rotatable bonds is 10. The number of aromatic hydroxyl groups is 1. The molecule has 2 N–H and O–H groups in total. The van der Waals surface area contributed by atoms with E-state index < -0.39 is 5.97 Å². The summed E-state index contributed by atoms with van der Waals surface area (Å²) >= 11 is 0. The Morgan fingerprint density at radius 1 is 0.718 bits per heavy atom. The number of amides is 1. The fourth-order valence-corrected chi connectivity index (χ4v) is 4.61. The highest BCUT2D eigenvalue weighted by Crippen LogP contribution is 2.40. The van der Waals surface area contributed by atoms with Gasteiger partial charge in [0.2, 0.25) is 0 Å². The Labute approximate surface area is 236 Å². The molecule has 2 aromatic carbocycles. The van der Waals surface area contributed by atoms with Gasteiger partial charge in [0.1, 0.15) is 11.5 Å². The van der Waals surface area contributed by atoms with Gasteiger partial charge >= 0.3 is 5.97 Å². The summed E-state index contributed by atoms with van der Waals surface area (Å²) in [6.07, 6.45) is 7.03. The molecule has 1 amide bonds. The predicted molar refractivity (Wildman–Crippen MR) is 161 cm³/mol. The lowest BCUT2D eigenvalue weighted by molar-refractivity contribution is 0.0731. The minimum Gasteiger partial charge on any atom is -0.507 e. The van der Waals surface area contributed by atoms with Crippen LogP contribution in [-0.4, -0.2) is 23.5 Å². The molecule has 0 fully saturated rings. The second kappa shape index (κ2) is 13.0. The highest BCUT2D eigenvalue weighted by Gasteiger charge is 2.29. The third-order valence-corrected chi connectivity index (χ3v) is 7.03. The second-order valence-corrected chi connectivity index (χ2v) is 13.8. The van der Waals surface area contributed by atoms with Crippen molar-refractivity contribution < 1.29 is 19.4 Å². The maximum atomic E-state index is 13.5. The summed E-state index contributed by atoms with van der Waals surface area (Å²) in [6.45, 7) is 21.0. The third-order valence-electron chi connectivity index (χ3n) is 7.03. The molecule has 0 aliphatic carbocycles. The fraction of sp³-hybridized carbons (Fsp3) is 0.588. The molecule has 0 aliphatic heterocycles. The van der Waals surface area contributed by atoms with Crippen molar-refractivity contribution in [2.75, 3.05) is 6.54 Å². The first-order valence-corrected chi connectivity index (χ1v) is 14.5. The standard InChI is InChI=1S/C34H51NO4/c1-11-12-13-14-15-16-19-35-30(37)23-17-18-28(25(20-23)32(2,3)4)39-31(38)24-21-26(33(5,6)7)29(36)27(22-24)34(8,9)10/h17-18,20-22,36H,11-16,19H2,1-10H3,(H,35,37). The lowest BCUT2D eigenvalue weighted by Gasteiger charge is -2.28. The van der Waals surface area contributed by atoms with Gasteiger partial charge < -0.3 is 15.2 Å². The summed E-state index contributed by atoms with van der Waals surface area (Å²) < 4.78 is 5.96. The molecule has 0 bridgehead atoms. The molecule has 0 radical (unpaired) electrons. The molecular formula is C34H51NO4. The van der Waals surface area contributed by atoms with Crippen LogP contribution in [-0.2, 0) is 16.2 Å². The molecule has 39 heavy (non-hydrogen) atoms. The largest absolute Gasteiger partial charge is 0.507 e. The van der Waals surface area contributed by atoms with Gasteiger partial charge in [-0.2, -0.15) is 0 Å². The minimum atomic E-state index is -0.489. The lowest BCUT2D eigenvalue weighted by Crippen LogP contribution is -2.25. The number of esters is 1. The van der Waals surface area contributed by atoms with E-state index in [2.05, 4.69) is 12.2 Å². The molecule has 5 nitrogen and oxygen atoms in total. The maximum Gasteiger partial charge on any atom is 0.343 e. The Balaban J connectivity index is 2.30. The van der Waals surface area contributed by atoms with Crippen LogP contribution in [0.25, 0.3) is 0 Å². The molecule has 216 valence electrons. The predicted octanol–water partition coefficient (Wildman–Crippen LogP) is 8.59. The number of hydrogen-bond acceptors (Lipinski definition) is 4. The van der Waals surface area contributed by atoms with Crippen molar-refractivity contribution in [3.63, 3.8) is 0 Å². The molecule has 0 spiro atoms. The Hall–Kier alpha value is -2.82. The summed E-state index contributed by atoms with van der Waals surface area (Å²) in [7, 11) is 0. The number of nitrogens with one attached hydrogen (secondary N) is 1. The van der Waals surface area contributed by atoms with Crippen molar-refractivity contribution in [1.82, 2.24) is 5.32 Å². The number of ether oxygens (including phenoxy) is 1. The normalized spacial score (nSPS) is 12.4. The lowest BCUT2D eigenvalue weighted by atomic mass is 9.78. The zero-order valence-electron chi connectivity index (χ0n) is 26.0. The van der Waals surface area contributed by atoms with Crippen molar-refractivity contribution in [3.8, 4) is 11.5 Å². The molecule has 0 atom stereocenters. The fourth-order valence-electron chi connectivity index (χ4n) is 4.61. The van der Waals surface area contributed by atoms with Gasteiger partial charge in [-0.25, -0.2) is 4.79 Å². The van der Waals surface area contributed by atoms with Crippen LogP contribution in [0, 0.1) is 0 Å². The summed E-state index contributed by atoms with van der Waals surface area (Å²) in [5.41, 5.74) is 2.07. The Kier molecular flexibility index (Phi) is 10.8. The van der Waals surface area contributed by atoms with E-state index >= 15 is 0 Å². The van der Waals surface area contributed by atoms with E-state index in [1.807, 2.05) is 68.4 Å². The third kappa shape index (κ3) is 9.12. The van der Waals surface area contributed by atoms with Crippen molar-refractivity contribution in [2.45, 2.75) is 124 Å². The Morgan fingerprint density at radius 2 is 1.21 bits per heavy atom. The quantitative estimate of drug-likeness (QED) is 0.181. The molecule has 0 aromatic heterocycles. The van der Waals surface area contributed by atoms with Gasteiger partial charge in [-0.3, -0.25) is 4.79 Å². The van der Waals surface area contributed by atoms with E-state index in [4.69, 9.17) is 4.74 Å². The first-order chi connectivity index (χ1) is 18.0. The minimum absolute atomic E-state index is 0.116. The summed E-state index contributed by atoms with van der Waals surface area (Å²) in [5.74, 6) is 0.0489. The van der Waals surface area contributed by atoms with Crippen LogP contribution in [0.1, 0.15) is 145 Å². The topological polar surface area (TPSA) is 75.6 Å². The van der Waals surface area contributed by atoms with Crippen LogP contribution in [0.4, 0.5) is 0 Å². The van der Waals surface area contributed by atoms with E-state index in [1.165, 1.54) is 25.7 Å². The number of phenols is 1. The zero-order valence-corrected chi connectivity index (χ0v) is 26.0. The van der Waals surface area contributed by atoms with E-state index in [0.717, 1.165) is 18.4 Å². The molecule has 0 saturated heterocycles. The maximum absolute atomic E-state index is 13.5. The monoisotopic (exact) mass is 537 g/mol. The molecule has 5 heteroatoms. The SMILES string of the molecule is CCCCCCCCNC(=O)c1ccc(OC(=O)c2cc(C(C)(C)C)c(O)c(C(C)(C)C)c2)c(C(C)(C)C)c1. The number of unbranched alkanes of at least 4 members (excludes halogenated alkanes) is 5. The molecule has 0 unspecified atom stereocenters. The van der Waals surface area contributed by atoms with Crippen LogP contribution in [0.15, 0.2) is 30.3 Å². The van der Waals surface area contributed by atoms with E-state index in [0.29, 0.717) is 34.5 Å². The molecule has 0 saturated carbocycles. The van der Waals surface area contributed by atoms with Crippen LogP contribution in [0.2, 0.25) is 0 Å². The molecule has 2 rings (SSSR count). The van der Waals surface area contributed by atoms with E-state index in [-0.39, 0.29) is 27.9 Å². The smallest absolute Gasteiger partial charge is 0.343 e. The van der Waals surface area contributed by atoms with Crippen LogP contribution in [0.3, 0.4) is 0 Å². The van der Waals surface area contributed by atoms with Crippen LogP contribution >= 0.6 is 0 Å². The van der Waals surface area contributed by atoms with Gasteiger partial charge in [-0.1, -0.05) is 101 Å². The number of carbonyl (C=O) groups is 2. The average molecular weight is 538 g/mol. The van der Waals surface area contributed by atoms with Crippen molar-refractivity contribution in [2.24, 2.45) is 0 Å². The summed E-state index contributed by atoms with van der Waals surface area (Å²) in [4.78, 5) is 26.3. The zero-order chi connectivity index (χ0) is 29.6. The Morgan fingerprint density at radius 3 is 1.72 bits per heavy atom. The van der Waals surface area contributed by atoms with Gasteiger partial charge in [0, 0.05) is 28.8 Å². The number of hydrogen-bond donors (Lipinski definition) is 2. The number of benzene rings is 2. The number of phenolic OH excluding ortho intramolecular Hbond substituents is 1. The van der Waals surface area contributed by atoms with Crippen LogP contribution in [0.5, 0.6) is 11.5 Å². The molecule has 0 heterocycles. The van der Waals surface area contributed by atoms with Crippen LogP contribution < -0.4 is 10.1 Å². The summed E-state index contributed by atoms with van der Waals surface area (Å²) in [5, 5.41) is 14.1. The second-order valence-electron chi connectivity index (χ2n) is 13.8. The van der Waals surface area contributed by atoms with Gasteiger partial charge in [0.05, 0.1) is 5.56 Å². The highest BCUT2D eigenvalue weighted by atomic mass is 16.5. The molecule has 0 aliphatic rings. The first kappa shape index (κ1) is 32.4. The first-order valence-electron chi connectivity index (χ1n) is 14.5. The van der Waals surface area contributed by atoms with E-state index in [1.54, 1.807) is 24.3 Å². The van der Waals surface area contributed by atoms with Gasteiger partial charge in [-0.15, -0.1) is 0 Å². The van der Waals surface area contributed by atoms with Gasteiger partial charge in [0.25, 0.3) is 5.91 Å². The van der Waals surface area contributed by atoms with Crippen molar-refractivity contribution in [1.29, 1.82) is 0 Å². The summed E-state index contributed by atoms with van der Waals surface area (Å²) in [6, 6.07) is 8.72.